The molecule has 0 aromatic heterocycles. The number of hydrogen-bond acceptors (Lipinski definition) is 6. The minimum Gasteiger partial charge on any atom is -0.455 e. The number of carbonyl (C=O) groups is 2. The van der Waals surface area contributed by atoms with Crippen molar-refractivity contribution in [3.63, 3.8) is 0 Å². The lowest BCUT2D eigenvalue weighted by Crippen LogP contribution is -2.45. The zero-order valence-electron chi connectivity index (χ0n) is 24.6. The maximum absolute atomic E-state index is 11.6. The molecule has 0 aliphatic heterocycles. The highest BCUT2D eigenvalue weighted by molar-refractivity contribution is 5.81. The summed E-state index contributed by atoms with van der Waals surface area (Å²) in [6.45, 7) is 19.4. The van der Waals surface area contributed by atoms with E-state index in [1.807, 2.05) is 6.07 Å². The molecule has 0 N–H and O–H groups in total. The standard InChI is InChI=1S/C23H32O6.4C2H4O/c1-4-7-8-9-10-11-15-18-23(19-26-21(24)5-2,29-28-22(25)6-3)27-20-16-13-12-14-17-20;4*1-2-3/h5-6,12-14,16-17H,2-4,7-11,15,18-19H2,1H3;4*1-2H2. The van der Waals surface area contributed by atoms with Crippen molar-refractivity contribution in [3.05, 3.63) is 83.3 Å². The van der Waals surface area contributed by atoms with Crippen molar-refractivity contribution in [1.29, 1.82) is 0 Å². The quantitative estimate of drug-likeness (QED) is 0.0559. The molecule has 0 bridgehead atoms. The van der Waals surface area contributed by atoms with Gasteiger partial charge < -0.3 is 9.47 Å². The van der Waals surface area contributed by atoms with Gasteiger partial charge in [0.05, 0.1) is 26.4 Å². The Labute approximate surface area is 247 Å². The molecule has 232 valence electrons. The van der Waals surface area contributed by atoms with Gasteiger partial charge in [0.15, 0.2) is 6.61 Å². The summed E-state index contributed by atoms with van der Waals surface area (Å²) in [6.07, 6.45) is 10.0. The molecule has 0 aliphatic carbocycles. The summed E-state index contributed by atoms with van der Waals surface area (Å²) in [5, 5.41) is 35.3. The zero-order valence-corrected chi connectivity index (χ0v) is 24.6. The van der Waals surface area contributed by atoms with E-state index in [0.29, 0.717) is 12.2 Å². The predicted octanol–water partition coefficient (Wildman–Crippen LogP) is 6.30. The summed E-state index contributed by atoms with van der Waals surface area (Å²) in [7, 11) is 0. The van der Waals surface area contributed by atoms with Gasteiger partial charge in [0.25, 0.3) is 5.79 Å². The predicted molar refractivity (Wildman–Crippen MR) is 155 cm³/mol. The number of hydrogen-bond donors (Lipinski definition) is 0. The van der Waals surface area contributed by atoms with Gasteiger partial charge in [-0.15, -0.1) is 4.89 Å². The minimum atomic E-state index is -1.47. The first kappa shape index (κ1) is 45.2. The van der Waals surface area contributed by atoms with E-state index in [4.69, 9.17) is 39.7 Å². The van der Waals surface area contributed by atoms with Crippen molar-refractivity contribution in [2.75, 3.05) is 33.0 Å². The van der Waals surface area contributed by atoms with Crippen molar-refractivity contribution in [1.82, 2.24) is 0 Å². The monoisotopic (exact) mass is 580 g/mol. The molecule has 10 nitrogen and oxygen atoms in total. The van der Waals surface area contributed by atoms with Crippen LogP contribution in [-0.2, 0) is 44.5 Å². The molecule has 0 aliphatic rings. The Morgan fingerprint density at radius 2 is 1.17 bits per heavy atom. The number of benzene rings is 1. The number of para-hydroxylation sites is 1. The molecule has 1 rings (SSSR count). The molecule has 0 saturated carbocycles. The molecular formula is C31H48O10. The number of carbonyl (C=O) groups excluding carboxylic acids is 2. The van der Waals surface area contributed by atoms with Gasteiger partial charge >= 0.3 is 11.9 Å². The van der Waals surface area contributed by atoms with Crippen LogP contribution in [0.3, 0.4) is 0 Å². The van der Waals surface area contributed by atoms with Gasteiger partial charge in [-0.25, -0.2) is 30.0 Å². The largest absolute Gasteiger partial charge is 0.455 e. The fraction of sp³-hybridized carbons (Fsp3) is 0.484. The van der Waals surface area contributed by atoms with Crippen molar-refractivity contribution in [2.45, 2.75) is 64.1 Å². The summed E-state index contributed by atoms with van der Waals surface area (Å²) < 4.78 is 11.2. The van der Waals surface area contributed by atoms with E-state index in [0.717, 1.165) is 37.8 Å². The second-order valence-corrected chi connectivity index (χ2v) is 7.52. The average Bonchev–Trinajstić information content (AvgIpc) is 2.96. The van der Waals surface area contributed by atoms with Crippen LogP contribution in [0.1, 0.15) is 58.3 Å². The van der Waals surface area contributed by atoms with Crippen molar-refractivity contribution >= 4 is 11.9 Å². The molecular weight excluding hydrogens is 532 g/mol. The second kappa shape index (κ2) is 37.2. The number of esters is 1. The van der Waals surface area contributed by atoms with Gasteiger partial charge in [0.2, 0.25) is 0 Å². The highest BCUT2D eigenvalue weighted by Gasteiger charge is 2.38. The fourth-order valence-electron chi connectivity index (χ4n) is 2.68. The van der Waals surface area contributed by atoms with Crippen molar-refractivity contribution in [3.8, 4) is 5.75 Å². The highest BCUT2D eigenvalue weighted by Crippen LogP contribution is 2.27. The van der Waals surface area contributed by atoms with E-state index in [2.05, 4.69) is 47.8 Å². The molecule has 0 fully saturated rings. The molecule has 41 heavy (non-hydrogen) atoms. The summed E-state index contributed by atoms with van der Waals surface area (Å²) in [6, 6.07) is 8.95. The maximum atomic E-state index is 11.6. The van der Waals surface area contributed by atoms with Crippen LogP contribution in [0.5, 0.6) is 5.75 Å². The van der Waals surface area contributed by atoms with Gasteiger partial charge in [0.1, 0.15) is 5.75 Å². The van der Waals surface area contributed by atoms with Gasteiger partial charge in [-0.1, -0.05) is 76.8 Å². The first-order valence-corrected chi connectivity index (χ1v) is 13.3. The molecule has 0 heterocycles. The van der Waals surface area contributed by atoms with Gasteiger partial charge in [-0.05, 0) is 46.2 Å². The van der Waals surface area contributed by atoms with E-state index >= 15 is 0 Å². The third-order valence-electron chi connectivity index (χ3n) is 4.25. The zero-order chi connectivity index (χ0) is 32.2. The van der Waals surface area contributed by atoms with E-state index in [1.54, 1.807) is 24.3 Å². The smallest absolute Gasteiger partial charge is 0.365 e. The van der Waals surface area contributed by atoms with Gasteiger partial charge in [0, 0.05) is 18.6 Å². The highest BCUT2D eigenvalue weighted by atomic mass is 17.2. The Morgan fingerprint density at radius 3 is 1.61 bits per heavy atom. The van der Waals surface area contributed by atoms with E-state index in [9.17, 15) is 9.59 Å². The van der Waals surface area contributed by atoms with Crippen LogP contribution in [-0.4, -0.2) is 50.8 Å². The van der Waals surface area contributed by atoms with Crippen LogP contribution in [0.2, 0.25) is 0 Å². The maximum Gasteiger partial charge on any atom is 0.365 e. The fourth-order valence-corrected chi connectivity index (χ4v) is 2.68. The van der Waals surface area contributed by atoms with Crippen molar-refractivity contribution in [2.24, 2.45) is 0 Å². The number of unbranched alkanes of at least 4 members (excludes halogenated alkanes) is 6. The van der Waals surface area contributed by atoms with Gasteiger partial charge in [-0.3, -0.25) is 4.89 Å². The Balaban J connectivity index is -0.000000486. The van der Waals surface area contributed by atoms with Gasteiger partial charge in [-0.2, -0.15) is 0 Å². The molecule has 10 heteroatoms. The number of ether oxygens (including phenoxy) is 2. The first-order valence-electron chi connectivity index (χ1n) is 13.3. The minimum absolute atomic E-state index is 0.250. The first-order chi connectivity index (χ1) is 19.7. The van der Waals surface area contributed by atoms with E-state index < -0.39 is 17.7 Å². The Morgan fingerprint density at radius 1 is 0.732 bits per heavy atom. The Kier molecular flexibility index (Phi) is 41.1. The topological polar surface area (TPSA) is 151 Å². The SMILES string of the molecule is C=CC(=O)OCC(CCCCCCCCC)(OOC(=O)C=C)Oc1ccccc1.[CH2]C[O].[CH2]C[O].[CH2]C[O].[CH2]C[O]. The second-order valence-electron chi connectivity index (χ2n) is 7.52. The van der Waals surface area contributed by atoms with Crippen LogP contribution >= 0.6 is 0 Å². The lowest BCUT2D eigenvalue weighted by molar-refractivity contribution is -0.390. The number of rotatable bonds is 16. The molecule has 1 atom stereocenters. The molecule has 0 amide bonds. The molecule has 8 radical (unpaired) electrons. The molecule has 1 aromatic carbocycles. The third-order valence-corrected chi connectivity index (χ3v) is 4.25. The third kappa shape index (κ3) is 35.2. The van der Waals surface area contributed by atoms with Crippen molar-refractivity contribution < 1.29 is 49.3 Å². The molecule has 0 saturated heterocycles. The van der Waals surface area contributed by atoms with Crippen LogP contribution in [0.25, 0.3) is 0 Å². The lowest BCUT2D eigenvalue weighted by atomic mass is 10.0. The Hall–Kier alpha value is -2.76. The summed E-state index contributed by atoms with van der Waals surface area (Å²) in [5.41, 5.74) is 0. The summed E-state index contributed by atoms with van der Waals surface area (Å²) in [5.74, 6) is -2.35. The molecule has 1 aromatic rings. The van der Waals surface area contributed by atoms with Crippen LogP contribution in [0.15, 0.2) is 55.6 Å². The summed E-state index contributed by atoms with van der Waals surface area (Å²) >= 11 is 0. The summed E-state index contributed by atoms with van der Waals surface area (Å²) in [4.78, 5) is 33.3. The van der Waals surface area contributed by atoms with Crippen LogP contribution in [0, 0.1) is 27.7 Å². The van der Waals surface area contributed by atoms with E-state index in [1.165, 1.54) is 19.3 Å². The normalized spacial score (nSPS) is 10.6. The lowest BCUT2D eigenvalue weighted by Gasteiger charge is -2.31. The van der Waals surface area contributed by atoms with E-state index in [-0.39, 0.29) is 33.0 Å². The molecule has 1 unspecified atom stereocenters. The van der Waals surface area contributed by atoms with Crippen LogP contribution in [0.4, 0.5) is 0 Å². The Bertz CT molecular complexity index is 663. The van der Waals surface area contributed by atoms with Crippen LogP contribution < -0.4 is 4.74 Å². The average molecular weight is 581 g/mol. The molecule has 0 spiro atoms.